The molecule has 0 aliphatic rings. The number of nitrogen functional groups attached to an aromatic ring is 1. The Morgan fingerprint density at radius 2 is 2.14 bits per heavy atom. The van der Waals surface area contributed by atoms with Gasteiger partial charge >= 0.3 is 0 Å². The Kier molecular flexibility index (Phi) is 4.80. The van der Waals surface area contributed by atoms with Crippen molar-refractivity contribution in [1.29, 1.82) is 0 Å². The van der Waals surface area contributed by atoms with Crippen LogP contribution in [0.2, 0.25) is 0 Å². The highest BCUT2D eigenvalue weighted by Crippen LogP contribution is 2.28. The van der Waals surface area contributed by atoms with Gasteiger partial charge in [-0.2, -0.15) is 0 Å². The van der Waals surface area contributed by atoms with Crippen LogP contribution < -0.4 is 15.8 Å². The summed E-state index contributed by atoms with van der Waals surface area (Å²) in [5.74, 6) is -0.421. The lowest BCUT2D eigenvalue weighted by Gasteiger charge is -2.13. The number of nitrogens with one attached hydrogen (secondary N) is 1. The lowest BCUT2D eigenvalue weighted by molar-refractivity contribution is 0.102. The molecule has 0 radical (unpaired) electrons. The molecule has 2 rings (SSSR count). The second-order valence-corrected chi connectivity index (χ2v) is 5.09. The zero-order valence-electron chi connectivity index (χ0n) is 11.3. The quantitative estimate of drug-likeness (QED) is 0.822. The van der Waals surface area contributed by atoms with Crippen molar-refractivity contribution in [3.63, 3.8) is 0 Å². The first kappa shape index (κ1) is 15.3. The molecule has 3 N–H and O–H groups in total. The van der Waals surface area contributed by atoms with Gasteiger partial charge in [0.25, 0.3) is 5.91 Å². The van der Waals surface area contributed by atoms with E-state index in [1.807, 2.05) is 6.92 Å². The molecule has 0 aliphatic carbocycles. The zero-order chi connectivity index (χ0) is 15.4. The number of rotatable bonds is 4. The summed E-state index contributed by atoms with van der Waals surface area (Å²) in [5, 5.41) is 2.68. The van der Waals surface area contributed by atoms with E-state index in [-0.39, 0.29) is 10.4 Å². The van der Waals surface area contributed by atoms with Crippen molar-refractivity contribution in [2.24, 2.45) is 0 Å². The summed E-state index contributed by atoms with van der Waals surface area (Å²) in [4.78, 5) is 12.3. The fraction of sp³-hybridized carbons (Fsp3) is 0.133. The fourth-order valence-electron chi connectivity index (χ4n) is 1.81. The van der Waals surface area contributed by atoms with E-state index in [2.05, 4.69) is 21.2 Å². The highest BCUT2D eigenvalue weighted by atomic mass is 79.9. The number of amides is 1. The van der Waals surface area contributed by atoms with Gasteiger partial charge in [0.2, 0.25) is 0 Å². The molecule has 0 aromatic heterocycles. The number of hydrogen-bond donors (Lipinski definition) is 2. The number of hydrogen-bond acceptors (Lipinski definition) is 3. The van der Waals surface area contributed by atoms with Crippen LogP contribution in [0.3, 0.4) is 0 Å². The van der Waals surface area contributed by atoms with Crippen LogP contribution in [-0.4, -0.2) is 12.5 Å². The van der Waals surface area contributed by atoms with Crippen molar-refractivity contribution >= 4 is 33.2 Å². The summed E-state index contributed by atoms with van der Waals surface area (Å²) in [6.07, 6.45) is 0. The van der Waals surface area contributed by atoms with Gasteiger partial charge in [-0.3, -0.25) is 4.79 Å². The van der Waals surface area contributed by atoms with Gasteiger partial charge in [0.1, 0.15) is 5.82 Å². The Balaban J connectivity index is 2.28. The summed E-state index contributed by atoms with van der Waals surface area (Å²) in [5.41, 5.74) is 7.02. The lowest BCUT2D eigenvalue weighted by Crippen LogP contribution is -2.14. The third kappa shape index (κ3) is 3.52. The monoisotopic (exact) mass is 352 g/mol. The number of ether oxygens (including phenoxy) is 1. The summed E-state index contributed by atoms with van der Waals surface area (Å²) in [7, 11) is 0. The number of anilines is 2. The Morgan fingerprint density at radius 1 is 1.38 bits per heavy atom. The molecule has 0 bridgehead atoms. The minimum Gasteiger partial charge on any atom is -0.491 e. The minimum absolute atomic E-state index is 0.276. The molecule has 4 nitrogen and oxygen atoms in total. The molecule has 1 amide bonds. The van der Waals surface area contributed by atoms with E-state index in [1.54, 1.807) is 18.2 Å². The molecule has 0 heterocycles. The number of benzene rings is 2. The standard InChI is InChI=1S/C15H14BrFN2O2/c1-2-21-14-10(4-3-5-13(14)18)15(20)19-9-6-7-12(17)11(16)8-9/h3-8H,2,18H2,1H3,(H,19,20). The largest absolute Gasteiger partial charge is 0.491 e. The molecule has 0 spiro atoms. The minimum atomic E-state index is -0.396. The van der Waals surface area contributed by atoms with Gasteiger partial charge in [0.15, 0.2) is 5.75 Å². The summed E-state index contributed by atoms with van der Waals surface area (Å²) < 4.78 is 18.9. The van der Waals surface area contributed by atoms with Gasteiger partial charge in [-0.1, -0.05) is 6.07 Å². The molecule has 0 aliphatic heterocycles. The molecule has 2 aromatic carbocycles. The maximum absolute atomic E-state index is 13.2. The number of halogens is 2. The molecular formula is C15H14BrFN2O2. The molecule has 0 fully saturated rings. The molecule has 21 heavy (non-hydrogen) atoms. The molecule has 0 saturated carbocycles. The van der Waals surface area contributed by atoms with Gasteiger partial charge in [0.05, 0.1) is 22.3 Å². The molecule has 110 valence electrons. The van der Waals surface area contributed by atoms with Crippen LogP contribution in [0.25, 0.3) is 0 Å². The van der Waals surface area contributed by atoms with Gasteiger partial charge in [-0.05, 0) is 53.2 Å². The first-order chi connectivity index (χ1) is 10.0. The SMILES string of the molecule is CCOc1c(N)cccc1C(=O)Nc1ccc(F)c(Br)c1. The number of carbonyl (C=O) groups is 1. The van der Waals surface area contributed by atoms with Crippen molar-refractivity contribution in [2.45, 2.75) is 6.92 Å². The fourth-order valence-corrected chi connectivity index (χ4v) is 2.19. The maximum Gasteiger partial charge on any atom is 0.259 e. The lowest BCUT2D eigenvalue weighted by atomic mass is 10.1. The van der Waals surface area contributed by atoms with Crippen LogP contribution >= 0.6 is 15.9 Å². The van der Waals surface area contributed by atoms with E-state index in [0.717, 1.165) is 0 Å². The van der Waals surface area contributed by atoms with Crippen molar-refractivity contribution in [3.8, 4) is 5.75 Å². The molecule has 6 heteroatoms. The smallest absolute Gasteiger partial charge is 0.259 e. The third-order valence-corrected chi connectivity index (χ3v) is 3.36. The van der Waals surface area contributed by atoms with E-state index < -0.39 is 5.82 Å². The highest BCUT2D eigenvalue weighted by Gasteiger charge is 2.15. The third-order valence-electron chi connectivity index (χ3n) is 2.76. The van der Waals surface area contributed by atoms with Crippen LogP contribution in [-0.2, 0) is 0 Å². The first-order valence-electron chi connectivity index (χ1n) is 6.30. The Hall–Kier alpha value is -2.08. The highest BCUT2D eigenvalue weighted by molar-refractivity contribution is 9.10. The van der Waals surface area contributed by atoms with Crippen molar-refractivity contribution < 1.29 is 13.9 Å². The van der Waals surface area contributed by atoms with E-state index in [1.165, 1.54) is 18.2 Å². The number of carbonyl (C=O) groups excluding carboxylic acids is 1. The van der Waals surface area contributed by atoms with E-state index in [9.17, 15) is 9.18 Å². The molecule has 2 aromatic rings. The predicted octanol–water partition coefficient (Wildman–Crippen LogP) is 3.82. The van der Waals surface area contributed by atoms with Crippen LogP contribution in [0, 0.1) is 5.82 Å². The van der Waals surface area contributed by atoms with Crippen LogP contribution in [0.1, 0.15) is 17.3 Å². The second kappa shape index (κ2) is 6.58. The normalized spacial score (nSPS) is 10.2. The topological polar surface area (TPSA) is 64.3 Å². The second-order valence-electron chi connectivity index (χ2n) is 4.24. The molecular weight excluding hydrogens is 339 g/mol. The van der Waals surface area contributed by atoms with Crippen LogP contribution in [0.5, 0.6) is 5.75 Å². The van der Waals surface area contributed by atoms with Gasteiger partial charge in [-0.25, -0.2) is 4.39 Å². The van der Waals surface area contributed by atoms with Gasteiger partial charge in [0, 0.05) is 5.69 Å². The number of para-hydroxylation sites is 1. The Morgan fingerprint density at radius 3 is 2.81 bits per heavy atom. The van der Waals surface area contributed by atoms with E-state index >= 15 is 0 Å². The van der Waals surface area contributed by atoms with Crippen LogP contribution in [0.4, 0.5) is 15.8 Å². The first-order valence-corrected chi connectivity index (χ1v) is 7.10. The average Bonchev–Trinajstić information content (AvgIpc) is 2.45. The van der Waals surface area contributed by atoms with Crippen molar-refractivity contribution in [2.75, 3.05) is 17.7 Å². The molecule has 0 saturated heterocycles. The van der Waals surface area contributed by atoms with E-state index in [4.69, 9.17) is 10.5 Å². The van der Waals surface area contributed by atoms with Gasteiger partial charge < -0.3 is 15.8 Å². The average molecular weight is 353 g/mol. The maximum atomic E-state index is 13.2. The van der Waals surface area contributed by atoms with Crippen molar-refractivity contribution in [3.05, 3.63) is 52.3 Å². The Bertz CT molecular complexity index is 677. The van der Waals surface area contributed by atoms with Crippen molar-refractivity contribution in [1.82, 2.24) is 0 Å². The summed E-state index contributed by atoms with van der Waals surface area (Å²) in [6, 6.07) is 9.19. The molecule has 0 atom stereocenters. The van der Waals surface area contributed by atoms with Crippen LogP contribution in [0.15, 0.2) is 40.9 Å². The summed E-state index contributed by atoms with van der Waals surface area (Å²) >= 11 is 3.07. The zero-order valence-corrected chi connectivity index (χ0v) is 12.9. The predicted molar refractivity (Wildman–Crippen MR) is 84.1 cm³/mol. The summed E-state index contributed by atoms with van der Waals surface area (Å²) in [6.45, 7) is 2.21. The Labute approximate surface area is 130 Å². The number of nitrogens with two attached hydrogens (primary N) is 1. The van der Waals surface area contributed by atoms with E-state index in [0.29, 0.717) is 29.3 Å². The molecule has 0 unspecified atom stereocenters. The van der Waals surface area contributed by atoms with Gasteiger partial charge in [-0.15, -0.1) is 0 Å².